The van der Waals surface area contributed by atoms with Crippen LogP contribution in [0.4, 0.5) is 0 Å². The number of benzene rings is 3. The Morgan fingerprint density at radius 3 is 2.00 bits per heavy atom. The molecule has 0 unspecified atom stereocenters. The number of nitrogens with one attached hydrogen (secondary N) is 1. The Morgan fingerprint density at radius 1 is 0.806 bits per heavy atom. The number of carbonyl (C=O) groups is 2. The van der Waals surface area contributed by atoms with E-state index >= 15 is 0 Å². The van der Waals surface area contributed by atoms with Crippen LogP contribution >= 0.6 is 7.60 Å². The molecule has 190 valence electrons. The molecule has 0 bridgehead atoms. The molecule has 0 aliphatic carbocycles. The molecule has 3 aromatic carbocycles. The molecule has 0 spiro atoms. The van der Waals surface area contributed by atoms with Gasteiger partial charge >= 0.3 is 13.6 Å². The summed E-state index contributed by atoms with van der Waals surface area (Å²) in [5, 5.41) is 2.73. The highest BCUT2D eigenvalue weighted by atomic mass is 31.2. The van der Waals surface area contributed by atoms with Crippen LogP contribution in [-0.4, -0.2) is 39.2 Å². The lowest BCUT2D eigenvalue weighted by Gasteiger charge is -2.17. The zero-order valence-electron chi connectivity index (χ0n) is 20.5. The highest BCUT2D eigenvalue weighted by Gasteiger charge is 2.24. The van der Waals surface area contributed by atoms with E-state index in [2.05, 4.69) is 5.32 Å². The van der Waals surface area contributed by atoms with Gasteiger partial charge in [-0.15, -0.1) is 0 Å². The van der Waals surface area contributed by atoms with Crippen LogP contribution in [0.5, 0.6) is 5.75 Å². The highest BCUT2D eigenvalue weighted by molar-refractivity contribution is 7.52. The van der Waals surface area contributed by atoms with Crippen LogP contribution in [0.15, 0.2) is 78.9 Å². The van der Waals surface area contributed by atoms with Crippen LogP contribution in [0.3, 0.4) is 0 Å². The number of amides is 1. The van der Waals surface area contributed by atoms with Crippen molar-refractivity contribution in [2.24, 2.45) is 0 Å². The zero-order valence-corrected chi connectivity index (χ0v) is 21.4. The molecule has 3 rings (SSSR count). The van der Waals surface area contributed by atoms with Crippen molar-refractivity contribution < 1.29 is 32.7 Å². The van der Waals surface area contributed by atoms with E-state index < -0.39 is 25.5 Å². The predicted octanol–water partition coefficient (Wildman–Crippen LogP) is 4.77. The van der Waals surface area contributed by atoms with E-state index in [1.807, 2.05) is 54.6 Å². The van der Waals surface area contributed by atoms with Crippen molar-refractivity contribution >= 4 is 19.5 Å². The van der Waals surface area contributed by atoms with Crippen molar-refractivity contribution in [3.05, 3.63) is 101 Å². The molecule has 0 aliphatic rings. The van der Waals surface area contributed by atoms with Gasteiger partial charge in [-0.25, -0.2) is 4.79 Å². The van der Waals surface area contributed by atoms with Crippen LogP contribution < -0.4 is 10.1 Å². The second-order valence-electron chi connectivity index (χ2n) is 8.00. The third kappa shape index (κ3) is 7.78. The topological polar surface area (TPSA) is 100 Å². The molecule has 36 heavy (non-hydrogen) atoms. The lowest BCUT2D eigenvalue weighted by atomic mass is 10.0. The maximum absolute atomic E-state index is 12.8. The largest absolute Gasteiger partial charge is 0.489 e. The number of rotatable bonds is 12. The van der Waals surface area contributed by atoms with Crippen molar-refractivity contribution in [2.45, 2.75) is 25.2 Å². The maximum atomic E-state index is 12.8. The summed E-state index contributed by atoms with van der Waals surface area (Å²) in [6.45, 7) is 0.453. The first-order valence-corrected chi connectivity index (χ1v) is 13.0. The van der Waals surface area contributed by atoms with E-state index in [4.69, 9.17) is 18.5 Å². The Balaban J connectivity index is 1.61. The summed E-state index contributed by atoms with van der Waals surface area (Å²) in [5.41, 5.74) is 2.94. The minimum Gasteiger partial charge on any atom is -0.489 e. The normalized spacial score (nSPS) is 12.0. The molecule has 0 saturated carbocycles. The Kier molecular flexibility index (Phi) is 9.82. The van der Waals surface area contributed by atoms with Crippen LogP contribution in [0, 0.1) is 0 Å². The van der Waals surface area contributed by atoms with E-state index in [1.54, 1.807) is 24.3 Å². The van der Waals surface area contributed by atoms with E-state index in [0.29, 0.717) is 23.5 Å². The standard InChI is InChI=1S/C27H30NO7P/c1-32-27(30)25(17-20-11-15-24(16-12-20)35-18-21-7-5-4-6-8-21)28-26(29)23-13-9-22(10-14-23)19-36(31,33-2)34-3/h4-16,25H,17-19H2,1-3H3,(H,28,29)/t25-/m1/s1. The van der Waals surface area contributed by atoms with Gasteiger partial charge < -0.3 is 23.8 Å². The molecule has 0 saturated heterocycles. The lowest BCUT2D eigenvalue weighted by Crippen LogP contribution is -2.43. The van der Waals surface area contributed by atoms with Gasteiger partial charge in [-0.05, 0) is 41.0 Å². The molecular weight excluding hydrogens is 481 g/mol. The van der Waals surface area contributed by atoms with Crippen LogP contribution in [0.2, 0.25) is 0 Å². The first-order chi connectivity index (χ1) is 17.4. The summed E-state index contributed by atoms with van der Waals surface area (Å²) in [6, 6.07) is 22.8. The van der Waals surface area contributed by atoms with Gasteiger partial charge in [0, 0.05) is 26.2 Å². The summed E-state index contributed by atoms with van der Waals surface area (Å²) in [6.07, 6.45) is 0.331. The van der Waals surface area contributed by atoms with Crippen LogP contribution in [0.1, 0.15) is 27.0 Å². The molecule has 9 heteroatoms. The molecular formula is C27H30NO7P. The predicted molar refractivity (Wildman–Crippen MR) is 136 cm³/mol. The molecule has 0 aromatic heterocycles. The Hall–Kier alpha value is -3.45. The van der Waals surface area contributed by atoms with E-state index in [1.165, 1.54) is 21.3 Å². The summed E-state index contributed by atoms with van der Waals surface area (Å²) < 4.78 is 32.9. The number of hydrogen-bond donors (Lipinski definition) is 1. The minimum atomic E-state index is -3.22. The Morgan fingerprint density at radius 2 is 1.42 bits per heavy atom. The monoisotopic (exact) mass is 511 g/mol. The van der Waals surface area contributed by atoms with E-state index in [9.17, 15) is 14.2 Å². The number of methoxy groups -OCH3 is 1. The van der Waals surface area contributed by atoms with Gasteiger partial charge in [-0.1, -0.05) is 54.6 Å². The lowest BCUT2D eigenvalue weighted by molar-refractivity contribution is -0.142. The SMILES string of the molecule is COC(=O)[C@@H](Cc1ccc(OCc2ccccc2)cc1)NC(=O)c1ccc(CP(=O)(OC)OC)cc1. The van der Waals surface area contributed by atoms with Crippen molar-refractivity contribution in [3.8, 4) is 5.75 Å². The van der Waals surface area contributed by atoms with E-state index in [0.717, 1.165) is 11.1 Å². The molecule has 8 nitrogen and oxygen atoms in total. The second-order valence-corrected chi connectivity index (χ2v) is 10.3. The quantitative estimate of drug-likeness (QED) is 0.276. The molecule has 0 aliphatic heterocycles. The second kappa shape index (κ2) is 13.0. The maximum Gasteiger partial charge on any atom is 0.334 e. The first-order valence-electron chi connectivity index (χ1n) is 11.3. The highest BCUT2D eigenvalue weighted by Crippen LogP contribution is 2.49. The third-order valence-electron chi connectivity index (χ3n) is 5.55. The van der Waals surface area contributed by atoms with Gasteiger partial charge in [-0.3, -0.25) is 9.36 Å². The van der Waals surface area contributed by atoms with Gasteiger partial charge in [0.15, 0.2) is 0 Å². The number of hydrogen-bond acceptors (Lipinski definition) is 7. The fraction of sp³-hybridized carbons (Fsp3) is 0.259. The van der Waals surface area contributed by atoms with Crippen molar-refractivity contribution in [3.63, 3.8) is 0 Å². The average Bonchev–Trinajstić information content (AvgIpc) is 2.92. The molecule has 1 atom stereocenters. The molecule has 3 aromatic rings. The van der Waals surface area contributed by atoms with Gasteiger partial charge in [0.2, 0.25) is 0 Å². The average molecular weight is 512 g/mol. The molecule has 1 amide bonds. The summed E-state index contributed by atoms with van der Waals surface area (Å²) in [5.74, 6) is -0.278. The fourth-order valence-corrected chi connectivity index (χ4v) is 4.53. The minimum absolute atomic E-state index is 0.0811. The zero-order chi connectivity index (χ0) is 26.0. The van der Waals surface area contributed by atoms with Crippen molar-refractivity contribution in [1.82, 2.24) is 5.32 Å². The Labute approximate surface area is 211 Å². The number of carbonyl (C=O) groups excluding carboxylic acids is 2. The summed E-state index contributed by atoms with van der Waals surface area (Å²) in [4.78, 5) is 25.2. The molecule has 1 N–H and O–H groups in total. The summed E-state index contributed by atoms with van der Waals surface area (Å²) >= 11 is 0. The van der Waals surface area contributed by atoms with Crippen LogP contribution in [-0.2, 0) is 42.3 Å². The van der Waals surface area contributed by atoms with Crippen molar-refractivity contribution in [2.75, 3.05) is 21.3 Å². The van der Waals surface area contributed by atoms with E-state index in [-0.39, 0.29) is 12.6 Å². The Bertz CT molecular complexity index is 1170. The molecule has 0 fully saturated rings. The fourth-order valence-electron chi connectivity index (χ4n) is 3.46. The van der Waals surface area contributed by atoms with Gasteiger partial charge in [-0.2, -0.15) is 0 Å². The number of esters is 1. The third-order valence-corrected chi connectivity index (χ3v) is 7.42. The first kappa shape index (κ1) is 27.1. The van der Waals surface area contributed by atoms with Crippen LogP contribution in [0.25, 0.3) is 0 Å². The van der Waals surface area contributed by atoms with Gasteiger partial charge in [0.25, 0.3) is 5.91 Å². The molecule has 0 heterocycles. The van der Waals surface area contributed by atoms with Gasteiger partial charge in [0.05, 0.1) is 13.3 Å². The smallest absolute Gasteiger partial charge is 0.334 e. The molecule has 0 radical (unpaired) electrons. The van der Waals surface area contributed by atoms with Gasteiger partial charge in [0.1, 0.15) is 18.4 Å². The van der Waals surface area contributed by atoms with Crippen molar-refractivity contribution in [1.29, 1.82) is 0 Å². The number of ether oxygens (including phenoxy) is 2. The summed E-state index contributed by atoms with van der Waals surface area (Å²) in [7, 11) is 0.711.